The second-order valence-electron chi connectivity index (χ2n) is 7.97. The van der Waals surface area contributed by atoms with Gasteiger partial charge in [-0.1, -0.05) is 12.1 Å². The number of rotatable bonds is 9. The third kappa shape index (κ3) is 4.26. The molecule has 228 valence electrons. The van der Waals surface area contributed by atoms with E-state index in [4.69, 9.17) is 0 Å². The lowest BCUT2D eigenvalue weighted by molar-refractivity contribution is -0.474. The minimum Gasteiger partial charge on any atom is -0.194 e. The van der Waals surface area contributed by atoms with Gasteiger partial charge in [-0.15, -0.1) is 0 Å². The molecule has 0 heterocycles. The zero-order valence-corrected chi connectivity index (χ0v) is 18.2. The van der Waals surface area contributed by atoms with Crippen LogP contribution >= 0.6 is 0 Å². The molecule has 0 aliphatic heterocycles. The summed E-state index contributed by atoms with van der Waals surface area (Å²) in [7, 11) is 0. The van der Waals surface area contributed by atoms with Crippen molar-refractivity contribution >= 4 is 0 Å². The summed E-state index contributed by atoms with van der Waals surface area (Å²) in [5.74, 6) is -77.0. The van der Waals surface area contributed by atoms with Crippen molar-refractivity contribution in [1.82, 2.24) is 0 Å². The van der Waals surface area contributed by atoms with Crippen LogP contribution in [0.25, 0.3) is 0 Å². The maximum absolute atomic E-state index is 14.2. The van der Waals surface area contributed by atoms with Gasteiger partial charge in [0.15, 0.2) is 0 Å². The molecule has 0 aliphatic rings. The van der Waals surface area contributed by atoms with Crippen LogP contribution in [0.1, 0.15) is 16.7 Å². The highest BCUT2D eigenvalue weighted by Crippen LogP contribution is 2.66. The molecule has 0 radical (unpaired) electrons. The van der Waals surface area contributed by atoms with Crippen molar-refractivity contribution in [1.29, 1.82) is 0 Å². The lowest BCUT2D eigenvalue weighted by Crippen LogP contribution is -2.76. The van der Waals surface area contributed by atoms with Crippen molar-refractivity contribution in [3.63, 3.8) is 0 Å². The fourth-order valence-electron chi connectivity index (χ4n) is 2.68. The molecule has 1 aromatic rings. The molecule has 0 aromatic heterocycles. The SMILES string of the molecule is Cc1ccc(C(F)(F)C(F)(F)C(F)(F)C(F)(F)C(F)(F)C(F)(F)C(F)(F)C(F)(F)C(F)(F)C(F)(F)F)cc1C. The molecule has 0 spiro atoms. The molecular formula is C18H9F21. The summed E-state index contributed by atoms with van der Waals surface area (Å²) in [6.07, 6.45) is -8.00. The Morgan fingerprint density at radius 3 is 0.923 bits per heavy atom. The molecule has 0 atom stereocenters. The lowest BCUT2D eigenvalue weighted by Gasteiger charge is -2.44. The molecule has 0 nitrogen and oxygen atoms in total. The Labute approximate surface area is 201 Å². The van der Waals surface area contributed by atoms with Gasteiger partial charge in [0.05, 0.1) is 0 Å². The zero-order valence-electron chi connectivity index (χ0n) is 18.2. The maximum Gasteiger partial charge on any atom is 0.460 e. The van der Waals surface area contributed by atoms with E-state index >= 15 is 0 Å². The van der Waals surface area contributed by atoms with Crippen LogP contribution in [0.3, 0.4) is 0 Å². The van der Waals surface area contributed by atoms with E-state index in [2.05, 4.69) is 0 Å². The largest absolute Gasteiger partial charge is 0.460 e. The van der Waals surface area contributed by atoms with Crippen molar-refractivity contribution in [3.05, 3.63) is 34.9 Å². The third-order valence-corrected chi connectivity index (χ3v) is 5.38. The molecule has 0 unspecified atom stereocenters. The van der Waals surface area contributed by atoms with E-state index in [1.54, 1.807) is 0 Å². The van der Waals surface area contributed by atoms with Crippen LogP contribution in [0.15, 0.2) is 18.2 Å². The predicted octanol–water partition coefficient (Wildman–Crippen LogP) is 9.04. The van der Waals surface area contributed by atoms with Gasteiger partial charge in [0, 0.05) is 5.56 Å². The van der Waals surface area contributed by atoms with E-state index in [0.717, 1.165) is 13.8 Å². The Morgan fingerprint density at radius 1 is 0.359 bits per heavy atom. The molecule has 1 rings (SSSR count). The van der Waals surface area contributed by atoms with E-state index in [9.17, 15) is 92.2 Å². The van der Waals surface area contributed by atoms with Crippen LogP contribution in [0.2, 0.25) is 0 Å². The average molecular weight is 624 g/mol. The third-order valence-electron chi connectivity index (χ3n) is 5.38. The van der Waals surface area contributed by atoms with Crippen LogP contribution in [-0.4, -0.2) is 53.6 Å². The second-order valence-corrected chi connectivity index (χ2v) is 7.97. The highest BCUT2D eigenvalue weighted by Gasteiger charge is 2.97. The van der Waals surface area contributed by atoms with Gasteiger partial charge in [-0.05, 0) is 31.0 Å². The molecule has 39 heavy (non-hydrogen) atoms. The normalized spacial score (nSPS) is 16.1. The zero-order chi connectivity index (χ0) is 31.9. The molecule has 0 bridgehead atoms. The molecule has 0 saturated heterocycles. The summed E-state index contributed by atoms with van der Waals surface area (Å²) in [6.45, 7) is 1.91. The summed E-state index contributed by atoms with van der Waals surface area (Å²) in [4.78, 5) is 0. The second kappa shape index (κ2) is 8.87. The lowest BCUT2D eigenvalue weighted by atomic mass is 9.85. The van der Waals surface area contributed by atoms with Gasteiger partial charge in [0.2, 0.25) is 0 Å². The van der Waals surface area contributed by atoms with Crippen LogP contribution < -0.4 is 0 Å². The molecule has 0 amide bonds. The summed E-state index contributed by atoms with van der Waals surface area (Å²) in [6, 6.07) is 0.167. The van der Waals surface area contributed by atoms with Crippen molar-refractivity contribution in [2.24, 2.45) is 0 Å². The molecule has 21 heteroatoms. The fraction of sp³-hybridized carbons (Fsp3) is 0.667. The monoisotopic (exact) mass is 624 g/mol. The van der Waals surface area contributed by atoms with Gasteiger partial charge >= 0.3 is 59.5 Å². The van der Waals surface area contributed by atoms with Crippen molar-refractivity contribution in [2.75, 3.05) is 0 Å². The van der Waals surface area contributed by atoms with Gasteiger partial charge in [0.25, 0.3) is 0 Å². The number of halogens is 21. The van der Waals surface area contributed by atoms with Gasteiger partial charge in [-0.3, -0.25) is 0 Å². The number of benzene rings is 1. The van der Waals surface area contributed by atoms with Crippen LogP contribution in [0, 0.1) is 13.8 Å². The first kappa shape index (κ1) is 34.8. The molecule has 1 aromatic carbocycles. The molecule has 0 fully saturated rings. The minimum absolute atomic E-state index is 0.0556. The van der Waals surface area contributed by atoms with Crippen LogP contribution in [0.4, 0.5) is 92.2 Å². The van der Waals surface area contributed by atoms with Crippen LogP contribution in [0.5, 0.6) is 0 Å². The number of hydrogen-bond acceptors (Lipinski definition) is 0. The first-order valence-electron chi connectivity index (χ1n) is 9.21. The van der Waals surface area contributed by atoms with E-state index in [-0.39, 0.29) is 17.7 Å². The molecule has 0 N–H and O–H groups in total. The minimum atomic E-state index is -9.17. The van der Waals surface area contributed by atoms with Gasteiger partial charge in [0.1, 0.15) is 0 Å². The summed E-state index contributed by atoms with van der Waals surface area (Å²) in [5, 5.41) is 0. The molecule has 0 saturated carbocycles. The van der Waals surface area contributed by atoms with Crippen molar-refractivity contribution in [2.45, 2.75) is 73.3 Å². The Morgan fingerprint density at radius 2 is 0.641 bits per heavy atom. The van der Waals surface area contributed by atoms with Gasteiger partial charge in [-0.2, -0.15) is 92.2 Å². The van der Waals surface area contributed by atoms with Crippen molar-refractivity contribution in [3.8, 4) is 0 Å². The maximum atomic E-state index is 14.2. The van der Waals surface area contributed by atoms with Crippen molar-refractivity contribution < 1.29 is 92.2 Å². The van der Waals surface area contributed by atoms with Crippen LogP contribution in [-0.2, 0) is 5.92 Å². The van der Waals surface area contributed by atoms with E-state index in [1.807, 2.05) is 0 Å². The quantitative estimate of drug-likeness (QED) is 0.241. The fourth-order valence-corrected chi connectivity index (χ4v) is 2.68. The summed E-state index contributed by atoms with van der Waals surface area (Å²) in [5.41, 5.74) is -2.90. The Kier molecular flexibility index (Phi) is 7.91. The smallest absolute Gasteiger partial charge is 0.194 e. The Balaban J connectivity index is 3.84. The Hall–Kier alpha value is -2.25. The first-order valence-corrected chi connectivity index (χ1v) is 9.21. The predicted molar refractivity (Wildman–Crippen MR) is 85.4 cm³/mol. The van der Waals surface area contributed by atoms with E-state index < -0.39 is 70.6 Å². The Bertz CT molecular complexity index is 1060. The number of aryl methyl sites for hydroxylation is 2. The first-order chi connectivity index (χ1) is 16.7. The number of alkyl halides is 21. The molecular weight excluding hydrogens is 615 g/mol. The molecule has 0 aliphatic carbocycles. The highest BCUT2D eigenvalue weighted by molar-refractivity contribution is 5.34. The van der Waals surface area contributed by atoms with E-state index in [1.165, 1.54) is 0 Å². The number of hydrogen-bond donors (Lipinski definition) is 0. The topological polar surface area (TPSA) is 0 Å². The summed E-state index contributed by atoms with van der Waals surface area (Å²) >= 11 is 0. The standard InChI is InChI=1S/C18H9F21/c1-6-3-4-8(5-7(6)2)9(19,20)10(21,22)11(23,24)12(25,26)13(27,28)14(29,30)15(31,32)16(33,34)17(35,36)18(37,38)39/h3-5H,1-2H3. The average Bonchev–Trinajstić information content (AvgIpc) is 2.73. The van der Waals surface area contributed by atoms with Gasteiger partial charge in [-0.25, -0.2) is 0 Å². The summed E-state index contributed by atoms with van der Waals surface area (Å²) < 4.78 is 281. The highest BCUT2D eigenvalue weighted by atomic mass is 19.4. The van der Waals surface area contributed by atoms with Gasteiger partial charge < -0.3 is 0 Å². The van der Waals surface area contributed by atoms with E-state index in [0.29, 0.717) is 6.07 Å².